The molecule has 1 heteroatoms. The Morgan fingerprint density at radius 1 is 1.17 bits per heavy atom. The SMILES string of the molecule is CC(=C1C=CC=C1)N1CCCC1. The van der Waals surface area contributed by atoms with Crippen molar-refractivity contribution in [3.63, 3.8) is 0 Å². The molecule has 2 aliphatic rings. The molecule has 0 bridgehead atoms. The lowest BCUT2D eigenvalue weighted by Gasteiger charge is -2.19. The first-order valence-corrected chi connectivity index (χ1v) is 4.68. The molecule has 0 amide bonds. The Bertz CT molecular complexity index is 238. The highest BCUT2D eigenvalue weighted by atomic mass is 15.1. The third-order valence-electron chi connectivity index (χ3n) is 2.66. The van der Waals surface area contributed by atoms with Gasteiger partial charge in [-0.05, 0) is 25.3 Å². The lowest BCUT2D eigenvalue weighted by Crippen LogP contribution is -2.17. The average molecular weight is 161 g/mol. The highest BCUT2D eigenvalue weighted by Crippen LogP contribution is 2.20. The highest BCUT2D eigenvalue weighted by molar-refractivity contribution is 5.42. The zero-order valence-corrected chi connectivity index (χ0v) is 7.59. The molecule has 64 valence electrons. The van der Waals surface area contributed by atoms with Gasteiger partial charge in [-0.15, -0.1) is 0 Å². The molecule has 1 heterocycles. The van der Waals surface area contributed by atoms with E-state index in [2.05, 4.69) is 36.1 Å². The van der Waals surface area contributed by atoms with Crippen molar-refractivity contribution in [2.24, 2.45) is 0 Å². The minimum absolute atomic E-state index is 1.25. The number of hydrogen-bond donors (Lipinski definition) is 0. The van der Waals surface area contributed by atoms with Crippen molar-refractivity contribution >= 4 is 0 Å². The summed E-state index contributed by atoms with van der Waals surface area (Å²) in [6.07, 6.45) is 11.3. The van der Waals surface area contributed by atoms with E-state index in [-0.39, 0.29) is 0 Å². The molecule has 0 unspecified atom stereocenters. The first-order chi connectivity index (χ1) is 5.88. The quantitative estimate of drug-likeness (QED) is 0.571. The van der Waals surface area contributed by atoms with E-state index in [0.717, 1.165) is 0 Å². The van der Waals surface area contributed by atoms with Crippen LogP contribution in [0.4, 0.5) is 0 Å². The predicted molar refractivity (Wildman–Crippen MR) is 51.8 cm³/mol. The van der Waals surface area contributed by atoms with Crippen LogP contribution in [-0.2, 0) is 0 Å². The second-order valence-corrected chi connectivity index (χ2v) is 3.45. The van der Waals surface area contributed by atoms with Crippen LogP contribution in [0.15, 0.2) is 35.6 Å². The number of rotatable bonds is 1. The van der Waals surface area contributed by atoms with Gasteiger partial charge in [0.05, 0.1) is 0 Å². The van der Waals surface area contributed by atoms with E-state index >= 15 is 0 Å². The number of likely N-dealkylation sites (tertiary alicyclic amines) is 1. The summed E-state index contributed by atoms with van der Waals surface area (Å²) < 4.78 is 0. The largest absolute Gasteiger partial charge is 0.375 e. The monoisotopic (exact) mass is 161 g/mol. The van der Waals surface area contributed by atoms with Crippen LogP contribution in [0, 0.1) is 0 Å². The molecular weight excluding hydrogens is 146 g/mol. The fraction of sp³-hybridized carbons (Fsp3) is 0.455. The Morgan fingerprint density at radius 3 is 2.33 bits per heavy atom. The van der Waals surface area contributed by atoms with Gasteiger partial charge in [-0.1, -0.05) is 24.3 Å². The summed E-state index contributed by atoms with van der Waals surface area (Å²) in [4.78, 5) is 2.48. The molecule has 1 aliphatic heterocycles. The maximum absolute atomic E-state index is 2.48. The van der Waals surface area contributed by atoms with Crippen LogP contribution in [0.5, 0.6) is 0 Å². The van der Waals surface area contributed by atoms with Crippen molar-refractivity contribution < 1.29 is 0 Å². The molecule has 1 nitrogen and oxygen atoms in total. The summed E-state index contributed by atoms with van der Waals surface area (Å²) in [5.41, 5.74) is 2.83. The maximum atomic E-state index is 2.48. The van der Waals surface area contributed by atoms with E-state index < -0.39 is 0 Å². The number of hydrogen-bond acceptors (Lipinski definition) is 1. The van der Waals surface area contributed by atoms with E-state index in [9.17, 15) is 0 Å². The van der Waals surface area contributed by atoms with Gasteiger partial charge < -0.3 is 4.90 Å². The van der Waals surface area contributed by atoms with Crippen molar-refractivity contribution in [2.45, 2.75) is 19.8 Å². The maximum Gasteiger partial charge on any atom is 0.0175 e. The number of allylic oxidation sites excluding steroid dienone is 6. The van der Waals surface area contributed by atoms with E-state index in [1.165, 1.54) is 37.2 Å². The zero-order chi connectivity index (χ0) is 8.39. The molecule has 0 atom stereocenters. The summed E-state index contributed by atoms with van der Waals surface area (Å²) in [6, 6.07) is 0. The van der Waals surface area contributed by atoms with Gasteiger partial charge >= 0.3 is 0 Å². The van der Waals surface area contributed by atoms with E-state index in [1.54, 1.807) is 0 Å². The van der Waals surface area contributed by atoms with Gasteiger partial charge in [0.1, 0.15) is 0 Å². The van der Waals surface area contributed by atoms with Gasteiger partial charge in [0.2, 0.25) is 0 Å². The highest BCUT2D eigenvalue weighted by Gasteiger charge is 2.13. The minimum Gasteiger partial charge on any atom is -0.375 e. The molecule has 1 fully saturated rings. The van der Waals surface area contributed by atoms with Gasteiger partial charge in [0.15, 0.2) is 0 Å². The molecule has 0 aromatic heterocycles. The third kappa shape index (κ3) is 1.31. The van der Waals surface area contributed by atoms with Crippen LogP contribution >= 0.6 is 0 Å². The first kappa shape index (κ1) is 7.66. The normalized spacial score (nSPS) is 21.1. The molecular formula is C11H15N. The Morgan fingerprint density at radius 2 is 1.75 bits per heavy atom. The van der Waals surface area contributed by atoms with Crippen LogP contribution < -0.4 is 0 Å². The second-order valence-electron chi connectivity index (χ2n) is 3.45. The van der Waals surface area contributed by atoms with Crippen molar-refractivity contribution in [3.8, 4) is 0 Å². The first-order valence-electron chi connectivity index (χ1n) is 4.68. The topological polar surface area (TPSA) is 3.24 Å². The van der Waals surface area contributed by atoms with Crippen LogP contribution in [0.25, 0.3) is 0 Å². The van der Waals surface area contributed by atoms with E-state index in [0.29, 0.717) is 0 Å². The van der Waals surface area contributed by atoms with E-state index in [1.807, 2.05) is 0 Å². The summed E-state index contributed by atoms with van der Waals surface area (Å²) in [5, 5.41) is 0. The number of nitrogens with zero attached hydrogens (tertiary/aromatic N) is 1. The van der Waals surface area contributed by atoms with Crippen molar-refractivity contribution in [1.29, 1.82) is 0 Å². The van der Waals surface area contributed by atoms with E-state index in [4.69, 9.17) is 0 Å². The minimum atomic E-state index is 1.25. The summed E-state index contributed by atoms with van der Waals surface area (Å²) in [5.74, 6) is 0. The standard InChI is InChI=1S/C11H15N/c1-10(11-6-2-3-7-11)12-8-4-5-9-12/h2-3,6-7H,4-5,8-9H2,1H3. The van der Waals surface area contributed by atoms with Crippen LogP contribution in [-0.4, -0.2) is 18.0 Å². The van der Waals surface area contributed by atoms with Gasteiger partial charge in [0.25, 0.3) is 0 Å². The Balaban J connectivity index is 2.16. The zero-order valence-electron chi connectivity index (χ0n) is 7.59. The molecule has 0 radical (unpaired) electrons. The van der Waals surface area contributed by atoms with Gasteiger partial charge in [-0.3, -0.25) is 0 Å². The molecule has 1 aliphatic carbocycles. The molecule has 0 aromatic rings. The third-order valence-corrected chi connectivity index (χ3v) is 2.66. The van der Waals surface area contributed by atoms with Crippen molar-refractivity contribution in [1.82, 2.24) is 4.90 Å². The smallest absolute Gasteiger partial charge is 0.0175 e. The van der Waals surface area contributed by atoms with Gasteiger partial charge in [-0.25, -0.2) is 0 Å². The summed E-state index contributed by atoms with van der Waals surface area (Å²) >= 11 is 0. The fourth-order valence-electron chi connectivity index (χ4n) is 1.85. The lowest BCUT2D eigenvalue weighted by molar-refractivity contribution is 0.425. The molecule has 2 rings (SSSR count). The predicted octanol–water partition coefficient (Wildman–Crippen LogP) is 2.48. The van der Waals surface area contributed by atoms with Gasteiger partial charge in [0, 0.05) is 18.8 Å². The Kier molecular flexibility index (Phi) is 2.03. The molecule has 0 aromatic carbocycles. The summed E-state index contributed by atoms with van der Waals surface area (Å²) in [6.45, 7) is 4.72. The molecule has 0 saturated carbocycles. The average Bonchev–Trinajstić information content (AvgIpc) is 2.77. The molecule has 12 heavy (non-hydrogen) atoms. The Hall–Kier alpha value is -0.980. The second kappa shape index (κ2) is 3.18. The fourth-order valence-corrected chi connectivity index (χ4v) is 1.85. The lowest BCUT2D eigenvalue weighted by atomic mass is 10.2. The van der Waals surface area contributed by atoms with Gasteiger partial charge in [-0.2, -0.15) is 0 Å². The van der Waals surface area contributed by atoms with Crippen molar-refractivity contribution in [3.05, 3.63) is 35.6 Å². The molecule has 0 N–H and O–H groups in total. The summed E-state index contributed by atoms with van der Waals surface area (Å²) in [7, 11) is 0. The van der Waals surface area contributed by atoms with Crippen LogP contribution in [0.3, 0.4) is 0 Å². The van der Waals surface area contributed by atoms with Crippen LogP contribution in [0.2, 0.25) is 0 Å². The molecule has 1 saturated heterocycles. The molecule has 0 spiro atoms. The van der Waals surface area contributed by atoms with Crippen LogP contribution in [0.1, 0.15) is 19.8 Å². The Labute approximate surface area is 74.1 Å². The van der Waals surface area contributed by atoms with Crippen molar-refractivity contribution in [2.75, 3.05) is 13.1 Å².